The minimum atomic E-state index is -5.08. The third-order valence-corrected chi connectivity index (χ3v) is 5.94. The molecule has 11 heteroatoms. The molecule has 2 atom stereocenters. The Kier molecular flexibility index (Phi) is 6.89. The highest BCUT2D eigenvalue weighted by Crippen LogP contribution is 2.50. The molecule has 0 unspecified atom stereocenters. The normalized spacial score (nSPS) is 22.3. The van der Waals surface area contributed by atoms with E-state index in [2.05, 4.69) is 4.98 Å². The van der Waals surface area contributed by atoms with Crippen LogP contribution in [0.25, 0.3) is 0 Å². The molecule has 4 rings (SSSR count). The van der Waals surface area contributed by atoms with Gasteiger partial charge in [-0.2, -0.15) is 13.2 Å². The van der Waals surface area contributed by atoms with Crippen LogP contribution in [0.2, 0.25) is 0 Å². The van der Waals surface area contributed by atoms with E-state index in [4.69, 9.17) is 15.6 Å². The van der Waals surface area contributed by atoms with Crippen LogP contribution in [0.1, 0.15) is 23.5 Å². The second-order valence-corrected chi connectivity index (χ2v) is 7.98. The van der Waals surface area contributed by atoms with Crippen LogP contribution in [0.5, 0.6) is 0 Å². The largest absolute Gasteiger partial charge is 0.490 e. The summed E-state index contributed by atoms with van der Waals surface area (Å²) in [5, 5.41) is 7.12. The Labute approximate surface area is 187 Å². The van der Waals surface area contributed by atoms with Gasteiger partial charge in [-0.1, -0.05) is 36.4 Å². The standard InChI is InChI=1S/C20H22N4O2.C2HF3O2/c21-19(26)24-13-17(16-6-2-1-3-7-16)20(14-24)8-10-23(18(20)25)12-15-5-4-9-22-11-15;3-2(4,5)1(6)7/h1-7,9,11,17H,8,10,12-14H2,(H2,21,26);(H,6,7)/t17-,20+;/m0./s1. The summed E-state index contributed by atoms with van der Waals surface area (Å²) < 4.78 is 31.7. The van der Waals surface area contributed by atoms with E-state index in [-0.39, 0.29) is 11.8 Å². The number of urea groups is 1. The summed E-state index contributed by atoms with van der Waals surface area (Å²) in [4.78, 5) is 41.8. The van der Waals surface area contributed by atoms with Gasteiger partial charge >= 0.3 is 18.2 Å². The van der Waals surface area contributed by atoms with Crippen LogP contribution in [0.4, 0.5) is 18.0 Å². The van der Waals surface area contributed by atoms with E-state index in [1.807, 2.05) is 47.4 Å². The molecule has 3 N–H and O–H groups in total. The molecule has 0 bridgehead atoms. The van der Waals surface area contributed by atoms with Crippen LogP contribution in [0.15, 0.2) is 54.9 Å². The molecule has 176 valence electrons. The zero-order valence-electron chi connectivity index (χ0n) is 17.5. The van der Waals surface area contributed by atoms with Gasteiger partial charge in [0.25, 0.3) is 0 Å². The first-order valence-electron chi connectivity index (χ1n) is 10.1. The summed E-state index contributed by atoms with van der Waals surface area (Å²) in [6.07, 6.45) is -0.837. The minimum Gasteiger partial charge on any atom is -0.475 e. The quantitative estimate of drug-likeness (QED) is 0.724. The highest BCUT2D eigenvalue weighted by Gasteiger charge is 2.57. The summed E-state index contributed by atoms with van der Waals surface area (Å²) in [6.45, 7) is 2.12. The Bertz CT molecular complexity index is 1000. The summed E-state index contributed by atoms with van der Waals surface area (Å²) in [7, 11) is 0. The SMILES string of the molecule is NC(=O)N1C[C@@H](c2ccccc2)[C@@]2(CCN(Cc3cccnc3)C2=O)C1.O=C(O)C(F)(F)F. The molecule has 2 aliphatic heterocycles. The first-order valence-corrected chi connectivity index (χ1v) is 10.1. The third kappa shape index (κ3) is 5.24. The van der Waals surface area contributed by atoms with Crippen molar-refractivity contribution in [3.05, 3.63) is 66.0 Å². The van der Waals surface area contributed by atoms with Crippen LogP contribution < -0.4 is 5.73 Å². The average Bonchev–Trinajstić information content (AvgIpc) is 3.32. The number of aliphatic carboxylic acids is 1. The molecule has 0 aliphatic carbocycles. The number of pyridine rings is 1. The van der Waals surface area contributed by atoms with Gasteiger partial charge in [0.1, 0.15) is 0 Å². The number of carbonyl (C=O) groups is 3. The summed E-state index contributed by atoms with van der Waals surface area (Å²) in [5.74, 6) is -2.67. The Morgan fingerprint density at radius 1 is 1.18 bits per heavy atom. The van der Waals surface area contributed by atoms with Crippen molar-refractivity contribution in [2.24, 2.45) is 11.1 Å². The predicted octanol–water partition coefficient (Wildman–Crippen LogP) is 2.61. The molecule has 2 saturated heterocycles. The molecule has 0 saturated carbocycles. The Morgan fingerprint density at radius 2 is 1.85 bits per heavy atom. The second-order valence-electron chi connectivity index (χ2n) is 7.98. The average molecular weight is 464 g/mol. The molecule has 8 nitrogen and oxygen atoms in total. The van der Waals surface area contributed by atoms with E-state index < -0.39 is 23.6 Å². The number of carboxylic acids is 1. The highest BCUT2D eigenvalue weighted by molar-refractivity contribution is 5.88. The number of hydrogen-bond acceptors (Lipinski definition) is 4. The Hall–Kier alpha value is -3.63. The van der Waals surface area contributed by atoms with Gasteiger partial charge in [0.2, 0.25) is 5.91 Å². The van der Waals surface area contributed by atoms with Gasteiger partial charge in [0.15, 0.2) is 0 Å². The van der Waals surface area contributed by atoms with E-state index >= 15 is 0 Å². The van der Waals surface area contributed by atoms with Crippen molar-refractivity contribution in [3.63, 3.8) is 0 Å². The van der Waals surface area contributed by atoms with Crippen LogP contribution in [-0.4, -0.2) is 63.6 Å². The number of primary amides is 1. The number of halogens is 3. The topological polar surface area (TPSA) is 117 Å². The minimum absolute atomic E-state index is 0.0254. The fourth-order valence-electron chi connectivity index (χ4n) is 4.38. The fourth-order valence-corrected chi connectivity index (χ4v) is 4.38. The Balaban J connectivity index is 0.000000383. The Morgan fingerprint density at radius 3 is 2.39 bits per heavy atom. The van der Waals surface area contributed by atoms with Gasteiger partial charge in [-0.25, -0.2) is 9.59 Å². The molecule has 2 aliphatic rings. The maximum absolute atomic E-state index is 13.4. The molecule has 3 heterocycles. The van der Waals surface area contributed by atoms with E-state index in [1.54, 1.807) is 17.3 Å². The number of hydrogen-bond donors (Lipinski definition) is 2. The number of amides is 3. The molecule has 33 heavy (non-hydrogen) atoms. The molecular weight excluding hydrogens is 441 g/mol. The number of nitrogens with two attached hydrogens (primary N) is 1. The van der Waals surface area contributed by atoms with Crippen molar-refractivity contribution < 1.29 is 32.7 Å². The lowest BCUT2D eigenvalue weighted by Crippen LogP contribution is -2.41. The second kappa shape index (κ2) is 9.47. The van der Waals surface area contributed by atoms with Crippen LogP contribution in [-0.2, 0) is 16.1 Å². The number of alkyl halides is 3. The van der Waals surface area contributed by atoms with E-state index in [0.717, 1.165) is 17.5 Å². The molecule has 3 amide bonds. The van der Waals surface area contributed by atoms with Gasteiger partial charge in [-0.3, -0.25) is 9.78 Å². The number of aromatic nitrogens is 1. The zero-order valence-corrected chi connectivity index (χ0v) is 17.5. The fraction of sp³-hybridized carbons (Fsp3) is 0.364. The lowest BCUT2D eigenvalue weighted by atomic mass is 9.73. The van der Waals surface area contributed by atoms with Crippen molar-refractivity contribution in [3.8, 4) is 0 Å². The molecular formula is C22H23F3N4O4. The van der Waals surface area contributed by atoms with Gasteiger partial charge in [-0.05, 0) is 23.6 Å². The molecule has 2 aromatic rings. The summed E-state index contributed by atoms with van der Waals surface area (Å²) >= 11 is 0. The van der Waals surface area contributed by atoms with Crippen LogP contribution in [0, 0.1) is 5.41 Å². The molecule has 0 radical (unpaired) electrons. The lowest BCUT2D eigenvalue weighted by Gasteiger charge is -2.29. The lowest BCUT2D eigenvalue weighted by molar-refractivity contribution is -0.192. The highest BCUT2D eigenvalue weighted by atomic mass is 19.4. The van der Waals surface area contributed by atoms with E-state index in [9.17, 15) is 22.8 Å². The summed E-state index contributed by atoms with van der Waals surface area (Å²) in [6, 6.07) is 13.4. The first-order chi connectivity index (χ1) is 15.5. The number of likely N-dealkylation sites (tertiary alicyclic amines) is 2. The van der Waals surface area contributed by atoms with Gasteiger partial charge < -0.3 is 20.6 Å². The van der Waals surface area contributed by atoms with Gasteiger partial charge in [0, 0.05) is 44.5 Å². The predicted molar refractivity (Wildman–Crippen MR) is 111 cm³/mol. The van der Waals surface area contributed by atoms with Crippen molar-refractivity contribution in [1.29, 1.82) is 0 Å². The van der Waals surface area contributed by atoms with Crippen molar-refractivity contribution >= 4 is 17.9 Å². The zero-order chi connectivity index (χ0) is 24.2. The van der Waals surface area contributed by atoms with Crippen molar-refractivity contribution in [2.75, 3.05) is 19.6 Å². The number of carbonyl (C=O) groups excluding carboxylic acids is 2. The van der Waals surface area contributed by atoms with E-state index in [0.29, 0.717) is 26.2 Å². The molecule has 1 aromatic heterocycles. The number of rotatable bonds is 3. The first kappa shape index (κ1) is 24.0. The molecule has 1 spiro atoms. The molecule has 2 fully saturated rings. The monoisotopic (exact) mass is 464 g/mol. The third-order valence-electron chi connectivity index (χ3n) is 5.94. The number of nitrogens with zero attached hydrogens (tertiary/aromatic N) is 3. The number of carboxylic acid groups (broad SMARTS) is 1. The van der Waals surface area contributed by atoms with Gasteiger partial charge in [0.05, 0.1) is 5.41 Å². The molecule has 1 aromatic carbocycles. The van der Waals surface area contributed by atoms with Gasteiger partial charge in [-0.15, -0.1) is 0 Å². The maximum Gasteiger partial charge on any atom is 0.490 e. The van der Waals surface area contributed by atoms with Crippen molar-refractivity contribution in [2.45, 2.75) is 25.1 Å². The number of benzene rings is 1. The maximum atomic E-state index is 13.4. The smallest absolute Gasteiger partial charge is 0.475 e. The van der Waals surface area contributed by atoms with Crippen LogP contribution in [0.3, 0.4) is 0 Å². The van der Waals surface area contributed by atoms with Crippen molar-refractivity contribution in [1.82, 2.24) is 14.8 Å². The van der Waals surface area contributed by atoms with Crippen LogP contribution >= 0.6 is 0 Å². The van der Waals surface area contributed by atoms with E-state index in [1.165, 1.54) is 0 Å². The summed E-state index contributed by atoms with van der Waals surface area (Å²) in [5.41, 5.74) is 7.07.